The van der Waals surface area contributed by atoms with Crippen molar-refractivity contribution in [3.8, 4) is 0 Å². The summed E-state index contributed by atoms with van der Waals surface area (Å²) in [6, 6.07) is 14.1. The molecule has 0 radical (unpaired) electrons. The van der Waals surface area contributed by atoms with Crippen LogP contribution in [0.5, 0.6) is 0 Å². The van der Waals surface area contributed by atoms with Crippen LogP contribution in [0.15, 0.2) is 42.5 Å². The van der Waals surface area contributed by atoms with Gasteiger partial charge in [-0.15, -0.1) is 0 Å². The Morgan fingerprint density at radius 2 is 2.05 bits per heavy atom. The van der Waals surface area contributed by atoms with E-state index in [2.05, 4.69) is 30.4 Å². The molecule has 0 saturated carbocycles. The number of rotatable bonds is 3. The van der Waals surface area contributed by atoms with Crippen molar-refractivity contribution in [2.24, 2.45) is 0 Å². The van der Waals surface area contributed by atoms with Gasteiger partial charge in [0.05, 0.1) is 0 Å². The Morgan fingerprint density at radius 1 is 1.24 bits per heavy atom. The highest BCUT2D eigenvalue weighted by atomic mass is 35.5. The summed E-state index contributed by atoms with van der Waals surface area (Å²) < 4.78 is 0. The van der Waals surface area contributed by atoms with Gasteiger partial charge in [0.2, 0.25) is 5.91 Å². The van der Waals surface area contributed by atoms with Gasteiger partial charge in [0.15, 0.2) is 0 Å². The van der Waals surface area contributed by atoms with Crippen molar-refractivity contribution in [1.82, 2.24) is 0 Å². The van der Waals surface area contributed by atoms with Crippen molar-refractivity contribution in [2.75, 3.05) is 5.32 Å². The molecule has 1 unspecified atom stereocenters. The van der Waals surface area contributed by atoms with E-state index in [4.69, 9.17) is 11.6 Å². The van der Waals surface area contributed by atoms with Gasteiger partial charge >= 0.3 is 0 Å². The van der Waals surface area contributed by atoms with Gasteiger partial charge in [-0.3, -0.25) is 4.79 Å². The van der Waals surface area contributed by atoms with E-state index in [0.717, 1.165) is 24.1 Å². The molecular weight excluding hydrogens is 282 g/mol. The fourth-order valence-corrected chi connectivity index (χ4v) is 3.25. The van der Waals surface area contributed by atoms with Crippen molar-refractivity contribution in [1.29, 1.82) is 0 Å². The zero-order valence-corrected chi connectivity index (χ0v) is 12.8. The fourth-order valence-electron chi connectivity index (χ4n) is 3.05. The second-order valence-corrected chi connectivity index (χ2v) is 5.93. The van der Waals surface area contributed by atoms with E-state index in [0.29, 0.717) is 11.4 Å². The molecule has 0 aliphatic carbocycles. The second kappa shape index (κ2) is 5.90. The fraction of sp³-hybridized carbons (Fsp3) is 0.278. The molecule has 2 aromatic rings. The monoisotopic (exact) mass is 299 g/mol. The maximum absolute atomic E-state index is 12.1. The molecule has 3 rings (SSSR count). The number of fused-ring (bicyclic) bond motifs is 1. The van der Waals surface area contributed by atoms with Crippen LogP contribution in [0.25, 0.3) is 0 Å². The van der Waals surface area contributed by atoms with Crippen LogP contribution in [-0.2, 0) is 11.2 Å². The van der Waals surface area contributed by atoms with E-state index >= 15 is 0 Å². The summed E-state index contributed by atoms with van der Waals surface area (Å²) in [5.41, 5.74) is 4.52. The Balaban J connectivity index is 2.10. The van der Waals surface area contributed by atoms with E-state index in [1.54, 1.807) is 0 Å². The first-order valence-electron chi connectivity index (χ1n) is 7.36. The minimum atomic E-state index is 0.0797. The Kier molecular flexibility index (Phi) is 3.98. The maximum Gasteiger partial charge on any atom is 0.225 e. The summed E-state index contributed by atoms with van der Waals surface area (Å²) in [7, 11) is 0. The molecule has 0 spiro atoms. The number of aryl methyl sites for hydroxylation is 1. The molecule has 1 aliphatic heterocycles. The highest BCUT2D eigenvalue weighted by Gasteiger charge is 2.27. The average Bonchev–Trinajstić information content (AvgIpc) is 2.47. The van der Waals surface area contributed by atoms with Gasteiger partial charge in [0, 0.05) is 23.0 Å². The standard InChI is InChI=1S/C18H18ClNO/c1-2-5-12-6-4-9-15-16(11-17(21)20-18(12)15)13-7-3-8-14(19)10-13/h3-4,6-10,16H,2,5,11H2,1H3,(H,20,21). The Morgan fingerprint density at radius 3 is 2.81 bits per heavy atom. The number of halogens is 1. The molecule has 0 saturated heterocycles. The van der Waals surface area contributed by atoms with Crippen LogP contribution in [0.1, 0.15) is 42.4 Å². The summed E-state index contributed by atoms with van der Waals surface area (Å²) in [5.74, 6) is 0.167. The van der Waals surface area contributed by atoms with Gasteiger partial charge < -0.3 is 5.32 Å². The lowest BCUT2D eigenvalue weighted by atomic mass is 9.83. The Labute approximate surface area is 130 Å². The molecule has 21 heavy (non-hydrogen) atoms. The molecule has 1 heterocycles. The lowest BCUT2D eigenvalue weighted by Crippen LogP contribution is -2.24. The predicted octanol–water partition coefficient (Wildman–Crippen LogP) is 4.77. The van der Waals surface area contributed by atoms with Gasteiger partial charge in [-0.05, 0) is 35.2 Å². The average molecular weight is 300 g/mol. The third-order valence-corrected chi connectivity index (χ3v) is 4.22. The minimum Gasteiger partial charge on any atom is -0.326 e. The van der Waals surface area contributed by atoms with E-state index in [1.807, 2.05) is 24.3 Å². The van der Waals surface area contributed by atoms with Crippen molar-refractivity contribution in [3.05, 3.63) is 64.2 Å². The Hall–Kier alpha value is -1.80. The number of anilines is 1. The highest BCUT2D eigenvalue weighted by Crippen LogP contribution is 2.39. The van der Waals surface area contributed by atoms with Gasteiger partial charge in [0.1, 0.15) is 0 Å². The van der Waals surface area contributed by atoms with E-state index in [-0.39, 0.29) is 11.8 Å². The quantitative estimate of drug-likeness (QED) is 0.869. The molecule has 1 aliphatic rings. The first-order valence-corrected chi connectivity index (χ1v) is 7.74. The molecule has 3 heteroatoms. The molecule has 1 atom stereocenters. The molecule has 2 nitrogen and oxygen atoms in total. The van der Waals surface area contributed by atoms with E-state index in [1.165, 1.54) is 11.1 Å². The normalized spacial score (nSPS) is 17.2. The third kappa shape index (κ3) is 2.81. The minimum absolute atomic E-state index is 0.0797. The number of carbonyl (C=O) groups is 1. The first kappa shape index (κ1) is 14.2. The summed E-state index contributed by atoms with van der Waals surface area (Å²) in [5, 5.41) is 3.77. The summed E-state index contributed by atoms with van der Waals surface area (Å²) >= 11 is 6.11. The second-order valence-electron chi connectivity index (χ2n) is 5.49. The van der Waals surface area contributed by atoms with Gasteiger partial charge in [-0.25, -0.2) is 0 Å². The van der Waals surface area contributed by atoms with Gasteiger partial charge in [-0.2, -0.15) is 0 Å². The van der Waals surface area contributed by atoms with Crippen molar-refractivity contribution >= 4 is 23.2 Å². The van der Waals surface area contributed by atoms with Crippen LogP contribution in [0.4, 0.5) is 5.69 Å². The number of hydrogen-bond donors (Lipinski definition) is 1. The van der Waals surface area contributed by atoms with Crippen LogP contribution >= 0.6 is 11.6 Å². The van der Waals surface area contributed by atoms with Gasteiger partial charge in [0.25, 0.3) is 0 Å². The molecule has 108 valence electrons. The topological polar surface area (TPSA) is 29.1 Å². The smallest absolute Gasteiger partial charge is 0.225 e. The van der Waals surface area contributed by atoms with E-state index < -0.39 is 0 Å². The third-order valence-electron chi connectivity index (χ3n) is 3.98. The number of nitrogens with one attached hydrogen (secondary N) is 1. The molecular formula is C18H18ClNO. The Bertz CT molecular complexity index is 681. The summed E-state index contributed by atoms with van der Waals surface area (Å²) in [6.07, 6.45) is 2.52. The predicted molar refractivity (Wildman–Crippen MR) is 87.0 cm³/mol. The number of carbonyl (C=O) groups excluding carboxylic acids is 1. The molecule has 0 bridgehead atoms. The molecule has 0 aromatic heterocycles. The SMILES string of the molecule is CCCc1cccc2c1NC(=O)CC2c1cccc(Cl)c1. The largest absolute Gasteiger partial charge is 0.326 e. The molecule has 1 N–H and O–H groups in total. The number of hydrogen-bond acceptors (Lipinski definition) is 1. The lowest BCUT2D eigenvalue weighted by molar-refractivity contribution is -0.116. The van der Waals surface area contributed by atoms with E-state index in [9.17, 15) is 4.79 Å². The number of para-hydroxylation sites is 1. The van der Waals surface area contributed by atoms with Crippen LogP contribution in [-0.4, -0.2) is 5.91 Å². The maximum atomic E-state index is 12.1. The van der Waals surface area contributed by atoms with Gasteiger partial charge in [-0.1, -0.05) is 55.3 Å². The molecule has 2 aromatic carbocycles. The highest BCUT2D eigenvalue weighted by molar-refractivity contribution is 6.30. The zero-order chi connectivity index (χ0) is 14.8. The van der Waals surface area contributed by atoms with Crippen LogP contribution in [0, 0.1) is 0 Å². The van der Waals surface area contributed by atoms with Crippen molar-refractivity contribution < 1.29 is 4.79 Å². The van der Waals surface area contributed by atoms with Crippen molar-refractivity contribution in [2.45, 2.75) is 32.1 Å². The van der Waals surface area contributed by atoms with Crippen molar-refractivity contribution in [3.63, 3.8) is 0 Å². The molecule has 0 fully saturated rings. The summed E-state index contributed by atoms with van der Waals surface area (Å²) in [6.45, 7) is 2.15. The lowest BCUT2D eigenvalue weighted by Gasteiger charge is -2.28. The number of benzene rings is 2. The van der Waals surface area contributed by atoms with Crippen LogP contribution in [0.3, 0.4) is 0 Å². The first-order chi connectivity index (χ1) is 10.2. The molecule has 1 amide bonds. The van der Waals surface area contributed by atoms with Crippen LogP contribution in [0.2, 0.25) is 5.02 Å². The van der Waals surface area contributed by atoms with Crippen LogP contribution < -0.4 is 5.32 Å². The summed E-state index contributed by atoms with van der Waals surface area (Å²) in [4.78, 5) is 12.1. The number of amides is 1. The zero-order valence-electron chi connectivity index (χ0n) is 12.0.